The van der Waals surface area contributed by atoms with Crippen molar-refractivity contribution in [1.29, 1.82) is 0 Å². The van der Waals surface area contributed by atoms with Crippen LogP contribution in [0.15, 0.2) is 0 Å². The fraction of sp³-hybridized carbons (Fsp3) is 0.700. The van der Waals surface area contributed by atoms with Gasteiger partial charge in [0.15, 0.2) is 0 Å². The van der Waals surface area contributed by atoms with Crippen LogP contribution in [-0.4, -0.2) is 30.9 Å². The molecule has 0 saturated carbocycles. The monoisotopic (exact) mass is 268 g/mol. The first kappa shape index (κ1) is 14.4. The second-order valence-electron chi connectivity index (χ2n) is 3.59. The van der Waals surface area contributed by atoms with Gasteiger partial charge >= 0.3 is 6.18 Å². The summed E-state index contributed by atoms with van der Waals surface area (Å²) in [5.41, 5.74) is 0.969. The fourth-order valence-corrected chi connectivity index (χ4v) is 2.18. The van der Waals surface area contributed by atoms with Crippen LogP contribution < -0.4 is 5.32 Å². The molecule has 0 spiro atoms. The topological polar surface area (TPSA) is 34.2 Å². The van der Waals surface area contributed by atoms with E-state index in [1.54, 1.807) is 11.3 Å². The van der Waals surface area contributed by atoms with Crippen LogP contribution in [0.5, 0.6) is 0 Å². The molecular weight excluding hydrogens is 253 g/mol. The lowest BCUT2D eigenvalue weighted by Crippen LogP contribution is -2.23. The van der Waals surface area contributed by atoms with Crippen LogP contribution in [0, 0.1) is 13.8 Å². The number of thiazole rings is 1. The summed E-state index contributed by atoms with van der Waals surface area (Å²) in [6.45, 7) is 3.72. The summed E-state index contributed by atoms with van der Waals surface area (Å²) < 4.78 is 39.7. The Morgan fingerprint density at radius 2 is 2.06 bits per heavy atom. The van der Waals surface area contributed by atoms with Gasteiger partial charge in [0.1, 0.15) is 6.61 Å². The van der Waals surface area contributed by atoms with Gasteiger partial charge < -0.3 is 10.1 Å². The van der Waals surface area contributed by atoms with Crippen molar-refractivity contribution < 1.29 is 17.9 Å². The van der Waals surface area contributed by atoms with Crippen LogP contribution in [0.25, 0.3) is 0 Å². The first-order chi connectivity index (χ1) is 7.88. The number of alkyl halides is 3. The minimum atomic E-state index is -4.24. The molecule has 0 aliphatic carbocycles. The van der Waals surface area contributed by atoms with E-state index in [-0.39, 0.29) is 6.61 Å². The number of hydrogen-bond donors (Lipinski definition) is 1. The normalized spacial score (nSPS) is 12.1. The van der Waals surface area contributed by atoms with Gasteiger partial charge in [-0.3, -0.25) is 0 Å². The third kappa shape index (κ3) is 5.99. The third-order valence-electron chi connectivity index (χ3n) is 1.97. The highest BCUT2D eigenvalue weighted by Gasteiger charge is 2.27. The minimum Gasteiger partial charge on any atom is -0.371 e. The first-order valence-corrected chi connectivity index (χ1v) is 5.98. The zero-order chi connectivity index (χ0) is 12.9. The van der Waals surface area contributed by atoms with Crippen molar-refractivity contribution in [2.75, 3.05) is 19.8 Å². The maximum absolute atomic E-state index is 11.7. The molecule has 0 aliphatic heterocycles. The van der Waals surface area contributed by atoms with Gasteiger partial charge in [0, 0.05) is 18.0 Å². The molecule has 1 N–H and O–H groups in total. The molecule has 17 heavy (non-hydrogen) atoms. The van der Waals surface area contributed by atoms with Gasteiger partial charge in [0.05, 0.1) is 17.3 Å². The van der Waals surface area contributed by atoms with E-state index in [4.69, 9.17) is 0 Å². The summed E-state index contributed by atoms with van der Waals surface area (Å²) in [5, 5.41) is 4.01. The molecule has 0 unspecified atom stereocenters. The molecule has 1 heterocycles. The van der Waals surface area contributed by atoms with Crippen LogP contribution in [0.4, 0.5) is 13.2 Å². The van der Waals surface area contributed by atoms with Crippen molar-refractivity contribution in [3.05, 3.63) is 15.6 Å². The molecule has 1 aromatic heterocycles. The van der Waals surface area contributed by atoms with E-state index in [0.717, 1.165) is 15.6 Å². The van der Waals surface area contributed by atoms with Crippen LogP contribution in [-0.2, 0) is 11.3 Å². The summed E-state index contributed by atoms with van der Waals surface area (Å²) in [5.74, 6) is 0. The lowest BCUT2D eigenvalue weighted by molar-refractivity contribution is -0.173. The molecule has 1 rings (SSSR count). The number of halogens is 3. The summed E-state index contributed by atoms with van der Waals surface area (Å²) in [6.07, 6.45) is -4.24. The highest BCUT2D eigenvalue weighted by Crippen LogP contribution is 2.16. The Morgan fingerprint density at radius 1 is 1.35 bits per heavy atom. The van der Waals surface area contributed by atoms with Crippen molar-refractivity contribution in [2.45, 2.75) is 26.6 Å². The Hall–Kier alpha value is -0.660. The van der Waals surface area contributed by atoms with E-state index in [9.17, 15) is 13.2 Å². The maximum Gasteiger partial charge on any atom is 0.411 e. The predicted octanol–water partition coefficient (Wildman–Crippen LogP) is 2.43. The van der Waals surface area contributed by atoms with Gasteiger partial charge in [0.25, 0.3) is 0 Å². The Morgan fingerprint density at radius 3 is 2.59 bits per heavy atom. The van der Waals surface area contributed by atoms with E-state index in [0.29, 0.717) is 13.1 Å². The maximum atomic E-state index is 11.7. The lowest BCUT2D eigenvalue weighted by Gasteiger charge is -2.08. The average Bonchev–Trinajstić information content (AvgIpc) is 2.49. The molecule has 0 aliphatic rings. The van der Waals surface area contributed by atoms with E-state index in [1.165, 1.54) is 0 Å². The number of nitrogens with zero attached hydrogens (tertiary/aromatic N) is 1. The van der Waals surface area contributed by atoms with Gasteiger partial charge in [-0.1, -0.05) is 0 Å². The lowest BCUT2D eigenvalue weighted by atomic mass is 10.4. The number of aromatic nitrogens is 1. The molecule has 0 saturated heterocycles. The fourth-order valence-electron chi connectivity index (χ4n) is 1.27. The molecule has 0 radical (unpaired) electrons. The molecule has 1 aromatic rings. The number of aryl methyl sites for hydroxylation is 2. The van der Waals surface area contributed by atoms with Gasteiger partial charge in [-0.25, -0.2) is 4.98 Å². The Bertz CT molecular complexity index is 352. The average molecular weight is 268 g/mol. The number of hydrogen-bond acceptors (Lipinski definition) is 4. The summed E-state index contributed by atoms with van der Waals surface area (Å²) >= 11 is 1.59. The van der Waals surface area contributed by atoms with Crippen LogP contribution >= 0.6 is 11.3 Å². The van der Waals surface area contributed by atoms with Crippen molar-refractivity contribution >= 4 is 11.3 Å². The highest BCUT2D eigenvalue weighted by molar-refractivity contribution is 7.11. The zero-order valence-electron chi connectivity index (χ0n) is 9.73. The van der Waals surface area contributed by atoms with Crippen LogP contribution in [0.1, 0.15) is 15.6 Å². The largest absolute Gasteiger partial charge is 0.411 e. The zero-order valence-corrected chi connectivity index (χ0v) is 10.5. The molecule has 0 bridgehead atoms. The van der Waals surface area contributed by atoms with Crippen molar-refractivity contribution in [1.82, 2.24) is 10.3 Å². The van der Waals surface area contributed by atoms with E-state index in [1.807, 2.05) is 13.8 Å². The van der Waals surface area contributed by atoms with E-state index in [2.05, 4.69) is 15.0 Å². The van der Waals surface area contributed by atoms with Gasteiger partial charge in [0.2, 0.25) is 0 Å². The number of ether oxygens (including phenoxy) is 1. The summed E-state index contributed by atoms with van der Waals surface area (Å²) in [6, 6.07) is 0. The number of rotatable bonds is 6. The van der Waals surface area contributed by atoms with E-state index >= 15 is 0 Å². The van der Waals surface area contributed by atoms with Gasteiger partial charge in [-0.15, -0.1) is 11.3 Å². The Kier molecular flexibility index (Phi) is 5.35. The van der Waals surface area contributed by atoms with Crippen LogP contribution in [0.3, 0.4) is 0 Å². The summed E-state index contributed by atoms with van der Waals surface area (Å²) in [4.78, 5) is 5.37. The quantitative estimate of drug-likeness (QED) is 0.805. The van der Waals surface area contributed by atoms with Gasteiger partial charge in [-0.05, 0) is 13.8 Å². The first-order valence-electron chi connectivity index (χ1n) is 5.16. The summed E-state index contributed by atoms with van der Waals surface area (Å²) in [7, 11) is 0. The molecule has 0 atom stereocenters. The van der Waals surface area contributed by atoms with E-state index < -0.39 is 12.8 Å². The molecule has 0 fully saturated rings. The second-order valence-corrected chi connectivity index (χ2v) is 4.87. The van der Waals surface area contributed by atoms with Gasteiger partial charge in [-0.2, -0.15) is 13.2 Å². The van der Waals surface area contributed by atoms with Crippen molar-refractivity contribution in [3.63, 3.8) is 0 Å². The molecule has 98 valence electrons. The van der Waals surface area contributed by atoms with Crippen LogP contribution in [0.2, 0.25) is 0 Å². The number of nitrogens with one attached hydrogen (secondary N) is 1. The molecular formula is C10H15F3N2OS. The highest BCUT2D eigenvalue weighted by atomic mass is 32.1. The molecule has 7 heteroatoms. The molecule has 0 aromatic carbocycles. The Labute approximate surface area is 102 Å². The predicted molar refractivity (Wildman–Crippen MR) is 60.2 cm³/mol. The molecule has 0 amide bonds. The third-order valence-corrected chi connectivity index (χ3v) is 3.05. The van der Waals surface area contributed by atoms with Crippen molar-refractivity contribution in [2.24, 2.45) is 0 Å². The second kappa shape index (κ2) is 6.32. The Balaban J connectivity index is 2.11. The SMILES string of the molecule is Cc1nc(C)c(CNCCOCC(F)(F)F)s1. The standard InChI is InChI=1S/C10H15F3N2OS/c1-7-9(17-8(2)15-7)5-14-3-4-16-6-10(11,12)13/h14H,3-6H2,1-2H3. The minimum absolute atomic E-state index is 0.0519. The molecule has 3 nitrogen and oxygen atoms in total. The van der Waals surface area contributed by atoms with Crippen molar-refractivity contribution in [3.8, 4) is 0 Å². The smallest absolute Gasteiger partial charge is 0.371 e.